The monoisotopic (exact) mass is 206 g/mol. The maximum atomic E-state index is 11.3. The Balaban J connectivity index is 2.65. The van der Waals surface area contributed by atoms with Crippen molar-refractivity contribution in [1.29, 1.82) is 0 Å². The van der Waals surface area contributed by atoms with E-state index in [1.54, 1.807) is 0 Å². The normalized spacial score (nSPS) is 25.4. The van der Waals surface area contributed by atoms with Crippen molar-refractivity contribution in [2.45, 2.75) is 26.7 Å². The molecule has 1 aliphatic heterocycles. The molecule has 0 N–H and O–H groups in total. The van der Waals surface area contributed by atoms with Crippen LogP contribution in [0.15, 0.2) is 0 Å². The van der Waals surface area contributed by atoms with E-state index in [0.29, 0.717) is 13.2 Å². The van der Waals surface area contributed by atoms with Gasteiger partial charge in [-0.1, -0.05) is 13.8 Å². The molecule has 5 heteroatoms. The van der Waals surface area contributed by atoms with E-state index in [1.807, 2.05) is 13.8 Å². The zero-order valence-corrected chi connectivity index (χ0v) is 8.88. The first-order chi connectivity index (χ1) is 6.10. The van der Waals surface area contributed by atoms with Crippen LogP contribution in [0.25, 0.3) is 0 Å². The van der Waals surface area contributed by atoms with Gasteiger partial charge in [0.05, 0.1) is 13.2 Å². The fourth-order valence-electron chi connectivity index (χ4n) is 1.25. The van der Waals surface area contributed by atoms with Crippen molar-refractivity contribution in [2.24, 2.45) is 5.41 Å². The molecular formula is C8H15O4P. The Hall–Kier alpha value is -0.180. The first-order valence-corrected chi connectivity index (χ1v) is 6.06. The molecule has 1 aliphatic rings. The summed E-state index contributed by atoms with van der Waals surface area (Å²) in [6, 6.07) is 0.280. The third kappa shape index (κ3) is 2.19. The minimum atomic E-state index is -3.38. The first kappa shape index (κ1) is 10.9. The van der Waals surface area contributed by atoms with Gasteiger partial charge in [0, 0.05) is 5.41 Å². The molecule has 1 saturated heterocycles. The summed E-state index contributed by atoms with van der Waals surface area (Å²) >= 11 is 0. The second kappa shape index (κ2) is 3.91. The van der Waals surface area contributed by atoms with Gasteiger partial charge in [-0.05, 0) is 12.8 Å². The maximum Gasteiger partial charge on any atom is 0.393 e. The van der Waals surface area contributed by atoms with Gasteiger partial charge >= 0.3 is 7.60 Å². The van der Waals surface area contributed by atoms with Crippen molar-refractivity contribution in [3.8, 4) is 0 Å². The van der Waals surface area contributed by atoms with Gasteiger partial charge in [0.15, 0.2) is 0 Å². The van der Waals surface area contributed by atoms with Crippen LogP contribution in [0.5, 0.6) is 0 Å². The average molecular weight is 206 g/mol. The van der Waals surface area contributed by atoms with Gasteiger partial charge in [-0.3, -0.25) is 9.36 Å². The number of carbonyl (C=O) groups excluding carboxylic acids is 1. The summed E-state index contributed by atoms with van der Waals surface area (Å²) in [5.74, 6) is 0. The zero-order valence-electron chi connectivity index (χ0n) is 7.99. The molecular weight excluding hydrogens is 191 g/mol. The summed E-state index contributed by atoms with van der Waals surface area (Å²) in [7, 11) is -3.38. The largest absolute Gasteiger partial charge is 0.393 e. The second-order valence-corrected chi connectivity index (χ2v) is 5.21. The highest BCUT2D eigenvalue weighted by molar-refractivity contribution is 7.69. The highest BCUT2D eigenvalue weighted by Crippen LogP contribution is 2.52. The highest BCUT2D eigenvalue weighted by atomic mass is 31.2. The van der Waals surface area contributed by atoms with Crippen molar-refractivity contribution in [3.05, 3.63) is 0 Å². The Kier molecular flexibility index (Phi) is 3.28. The summed E-state index contributed by atoms with van der Waals surface area (Å²) in [6.45, 7) is 4.78. The average Bonchev–Trinajstić information content (AvgIpc) is 2.20. The van der Waals surface area contributed by atoms with Crippen LogP contribution >= 0.6 is 7.60 Å². The second-order valence-electron chi connectivity index (χ2n) is 3.40. The molecule has 1 rings (SSSR count). The third-order valence-corrected chi connectivity index (χ3v) is 3.97. The van der Waals surface area contributed by atoms with Crippen molar-refractivity contribution < 1.29 is 18.4 Å². The highest BCUT2D eigenvalue weighted by Gasteiger charge is 2.39. The molecule has 13 heavy (non-hydrogen) atoms. The van der Waals surface area contributed by atoms with Crippen LogP contribution in [0.4, 0.5) is 0 Å². The Morgan fingerprint density at radius 1 is 1.31 bits per heavy atom. The molecule has 0 saturated carbocycles. The fraction of sp³-hybridized carbons (Fsp3) is 0.875. The van der Waals surface area contributed by atoms with Crippen molar-refractivity contribution in [3.63, 3.8) is 0 Å². The van der Waals surface area contributed by atoms with Crippen molar-refractivity contribution >= 4 is 13.6 Å². The first-order valence-electron chi connectivity index (χ1n) is 4.45. The van der Waals surface area contributed by atoms with Crippen molar-refractivity contribution in [2.75, 3.05) is 13.2 Å². The van der Waals surface area contributed by atoms with Crippen LogP contribution in [0.3, 0.4) is 0 Å². The molecule has 0 aromatic heterocycles. The van der Waals surface area contributed by atoms with Gasteiger partial charge < -0.3 is 9.05 Å². The molecule has 1 heterocycles. The van der Waals surface area contributed by atoms with Gasteiger partial charge in [-0.25, -0.2) is 0 Å². The van der Waals surface area contributed by atoms with Crippen LogP contribution in [-0.2, 0) is 18.4 Å². The van der Waals surface area contributed by atoms with E-state index >= 15 is 0 Å². The van der Waals surface area contributed by atoms with Gasteiger partial charge in [0.25, 0.3) is 0 Å². The van der Waals surface area contributed by atoms with Crippen molar-refractivity contribution in [1.82, 2.24) is 0 Å². The van der Waals surface area contributed by atoms with Crippen LogP contribution in [0.1, 0.15) is 26.7 Å². The number of rotatable bonds is 3. The van der Waals surface area contributed by atoms with Crippen LogP contribution in [-0.4, -0.2) is 19.2 Å². The summed E-state index contributed by atoms with van der Waals surface area (Å²) < 4.78 is 21.3. The van der Waals surface area contributed by atoms with E-state index in [9.17, 15) is 9.36 Å². The standard InChI is InChI=1S/C8H15O4P/c1-3-8(4-2)5-11-13(10,7-9)12-6-8/h7H,3-6H2,1-2H3. The third-order valence-electron chi connectivity index (χ3n) is 2.73. The smallest absolute Gasteiger partial charge is 0.303 e. The minimum Gasteiger partial charge on any atom is -0.303 e. The number of carbonyl (C=O) groups is 1. The Morgan fingerprint density at radius 3 is 2.08 bits per heavy atom. The van der Waals surface area contributed by atoms with Gasteiger partial charge in [0.2, 0.25) is 6.03 Å². The van der Waals surface area contributed by atoms with Crippen LogP contribution in [0, 0.1) is 5.41 Å². The molecule has 0 unspecified atom stereocenters. The molecule has 1 fully saturated rings. The summed E-state index contributed by atoms with van der Waals surface area (Å²) in [5, 5.41) is 0. The minimum absolute atomic E-state index is 0.0586. The number of hydrogen-bond acceptors (Lipinski definition) is 4. The van der Waals surface area contributed by atoms with Crippen LogP contribution in [0.2, 0.25) is 0 Å². The lowest BCUT2D eigenvalue weighted by Gasteiger charge is -2.36. The Labute approximate surface area is 78.1 Å². The molecule has 0 aromatic carbocycles. The molecule has 0 amide bonds. The fourth-order valence-corrected chi connectivity index (χ4v) is 2.36. The molecule has 0 bridgehead atoms. The lowest BCUT2D eigenvalue weighted by molar-refractivity contribution is 0.0167. The Morgan fingerprint density at radius 2 is 1.77 bits per heavy atom. The lowest BCUT2D eigenvalue weighted by atomic mass is 9.84. The van der Waals surface area contributed by atoms with Crippen LogP contribution < -0.4 is 0 Å². The van der Waals surface area contributed by atoms with Gasteiger partial charge in [-0.15, -0.1) is 0 Å². The Bertz CT molecular complexity index is 220. The summed E-state index contributed by atoms with van der Waals surface area (Å²) in [5.41, 5.74) is -0.0586. The van der Waals surface area contributed by atoms with Gasteiger partial charge in [-0.2, -0.15) is 0 Å². The number of hydrogen-bond donors (Lipinski definition) is 0. The van der Waals surface area contributed by atoms with Gasteiger partial charge in [0.1, 0.15) is 0 Å². The van der Waals surface area contributed by atoms with E-state index in [2.05, 4.69) is 0 Å². The lowest BCUT2D eigenvalue weighted by Crippen LogP contribution is -2.34. The van der Waals surface area contributed by atoms with E-state index < -0.39 is 7.60 Å². The van der Waals surface area contributed by atoms with E-state index in [-0.39, 0.29) is 11.4 Å². The maximum absolute atomic E-state index is 11.3. The molecule has 76 valence electrons. The predicted molar refractivity (Wildman–Crippen MR) is 49.3 cm³/mol. The quantitative estimate of drug-likeness (QED) is 0.524. The molecule has 0 spiro atoms. The molecule has 0 aliphatic carbocycles. The van der Waals surface area contributed by atoms with E-state index in [0.717, 1.165) is 12.8 Å². The van der Waals surface area contributed by atoms with E-state index in [1.165, 1.54) is 0 Å². The summed E-state index contributed by atoms with van der Waals surface area (Å²) in [6.07, 6.45) is 1.81. The predicted octanol–water partition coefficient (Wildman–Crippen LogP) is 2.22. The molecule has 0 aromatic rings. The molecule has 0 radical (unpaired) electrons. The van der Waals surface area contributed by atoms with E-state index in [4.69, 9.17) is 9.05 Å². The molecule has 4 nitrogen and oxygen atoms in total. The SMILES string of the molecule is CCC1(CC)COP(=O)(C=O)OC1. The zero-order chi connectivity index (χ0) is 9.95. The topological polar surface area (TPSA) is 52.6 Å². The summed E-state index contributed by atoms with van der Waals surface area (Å²) in [4.78, 5) is 10.4. The molecule has 0 atom stereocenters.